The Kier molecular flexibility index (Phi) is 20.6. The molecule has 0 rings (SSSR count). The molecule has 0 N–H and O–H groups in total. The van der Waals surface area contributed by atoms with Crippen LogP contribution in [0.15, 0.2) is 36.5 Å². The zero-order chi connectivity index (χ0) is 19.1. The molecule has 0 saturated heterocycles. The van der Waals surface area contributed by atoms with Crippen molar-refractivity contribution in [2.45, 2.75) is 104 Å². The lowest BCUT2D eigenvalue weighted by atomic mass is 10.1. The number of ether oxygens (including phenoxy) is 1. The van der Waals surface area contributed by atoms with Crippen LogP contribution >= 0.6 is 0 Å². The highest BCUT2D eigenvalue weighted by atomic mass is 16.5. The number of carbonyl (C=O) groups excluding carboxylic acids is 1. The minimum Gasteiger partial charge on any atom is -0.466 e. The largest absolute Gasteiger partial charge is 0.466 e. The number of esters is 1. The second-order valence-corrected chi connectivity index (χ2v) is 6.91. The first-order valence-electron chi connectivity index (χ1n) is 10.9. The van der Waals surface area contributed by atoms with Crippen LogP contribution in [0.5, 0.6) is 0 Å². The SMILES string of the molecule is CCCCCC=CCC=CCC=CCCCCCCC(=O)OCCCC. The van der Waals surface area contributed by atoms with Gasteiger partial charge in [0.25, 0.3) is 0 Å². The van der Waals surface area contributed by atoms with Crippen molar-refractivity contribution in [2.24, 2.45) is 0 Å². The number of hydrogen-bond donors (Lipinski definition) is 0. The van der Waals surface area contributed by atoms with Crippen LogP contribution in [0.2, 0.25) is 0 Å². The van der Waals surface area contributed by atoms with Crippen LogP contribution in [0.3, 0.4) is 0 Å². The summed E-state index contributed by atoms with van der Waals surface area (Å²) >= 11 is 0. The fraction of sp³-hybridized carbons (Fsp3) is 0.708. The first kappa shape index (κ1) is 24.7. The summed E-state index contributed by atoms with van der Waals surface area (Å²) in [5.74, 6) is -0.0269. The minimum absolute atomic E-state index is 0.0269. The Morgan fingerprint density at radius 3 is 1.81 bits per heavy atom. The van der Waals surface area contributed by atoms with Crippen molar-refractivity contribution in [1.82, 2.24) is 0 Å². The molecule has 150 valence electrons. The average Bonchev–Trinajstić information content (AvgIpc) is 2.64. The summed E-state index contributed by atoms with van der Waals surface area (Å²) in [6.45, 7) is 4.93. The summed E-state index contributed by atoms with van der Waals surface area (Å²) in [6, 6.07) is 0. The van der Waals surface area contributed by atoms with Gasteiger partial charge in [-0.2, -0.15) is 0 Å². The highest BCUT2D eigenvalue weighted by molar-refractivity contribution is 5.69. The van der Waals surface area contributed by atoms with Gasteiger partial charge in [0.05, 0.1) is 6.61 Å². The first-order valence-corrected chi connectivity index (χ1v) is 10.9. The highest BCUT2D eigenvalue weighted by Gasteiger charge is 2.01. The van der Waals surface area contributed by atoms with Crippen molar-refractivity contribution in [3.8, 4) is 0 Å². The van der Waals surface area contributed by atoms with Gasteiger partial charge in [0.2, 0.25) is 0 Å². The minimum atomic E-state index is -0.0269. The van der Waals surface area contributed by atoms with Crippen LogP contribution in [-0.4, -0.2) is 12.6 Å². The van der Waals surface area contributed by atoms with Crippen molar-refractivity contribution < 1.29 is 9.53 Å². The fourth-order valence-electron chi connectivity index (χ4n) is 2.58. The Labute approximate surface area is 162 Å². The summed E-state index contributed by atoms with van der Waals surface area (Å²) in [6.07, 6.45) is 29.2. The normalized spacial score (nSPS) is 11.9. The topological polar surface area (TPSA) is 26.3 Å². The van der Waals surface area contributed by atoms with Gasteiger partial charge in [-0.15, -0.1) is 0 Å². The smallest absolute Gasteiger partial charge is 0.305 e. The van der Waals surface area contributed by atoms with Crippen LogP contribution in [0, 0.1) is 0 Å². The summed E-state index contributed by atoms with van der Waals surface area (Å²) in [4.78, 5) is 11.4. The van der Waals surface area contributed by atoms with Crippen LogP contribution in [0.4, 0.5) is 0 Å². The van der Waals surface area contributed by atoms with Crippen molar-refractivity contribution >= 4 is 5.97 Å². The summed E-state index contributed by atoms with van der Waals surface area (Å²) in [7, 11) is 0. The molecular weight excluding hydrogens is 320 g/mol. The molecule has 0 saturated carbocycles. The van der Waals surface area contributed by atoms with E-state index in [1.165, 1.54) is 38.5 Å². The quantitative estimate of drug-likeness (QED) is 0.142. The Hall–Kier alpha value is -1.31. The number of allylic oxidation sites excluding steroid dienone is 6. The number of hydrogen-bond acceptors (Lipinski definition) is 2. The van der Waals surface area contributed by atoms with Crippen molar-refractivity contribution in [1.29, 1.82) is 0 Å². The van der Waals surface area contributed by atoms with E-state index in [4.69, 9.17) is 4.74 Å². The number of rotatable bonds is 18. The molecule has 0 aliphatic carbocycles. The lowest BCUT2D eigenvalue weighted by Gasteiger charge is -2.03. The second kappa shape index (κ2) is 21.7. The third-order valence-electron chi connectivity index (χ3n) is 4.28. The molecule has 0 aromatic carbocycles. The Balaban J connectivity index is 3.33. The molecule has 0 fully saturated rings. The van der Waals surface area contributed by atoms with Gasteiger partial charge < -0.3 is 4.74 Å². The van der Waals surface area contributed by atoms with Crippen molar-refractivity contribution in [2.75, 3.05) is 6.61 Å². The average molecular weight is 363 g/mol. The molecule has 0 aliphatic heterocycles. The molecule has 0 radical (unpaired) electrons. The summed E-state index contributed by atoms with van der Waals surface area (Å²) in [5, 5.41) is 0. The van der Waals surface area contributed by atoms with Crippen LogP contribution in [0.1, 0.15) is 104 Å². The lowest BCUT2D eigenvalue weighted by Crippen LogP contribution is -2.05. The van der Waals surface area contributed by atoms with Gasteiger partial charge in [0, 0.05) is 6.42 Å². The van der Waals surface area contributed by atoms with Crippen LogP contribution < -0.4 is 0 Å². The van der Waals surface area contributed by atoms with E-state index in [1.54, 1.807) is 0 Å². The van der Waals surface area contributed by atoms with Crippen molar-refractivity contribution in [3.63, 3.8) is 0 Å². The number of carbonyl (C=O) groups is 1. The zero-order valence-corrected chi connectivity index (χ0v) is 17.4. The molecule has 0 bridgehead atoms. The monoisotopic (exact) mass is 362 g/mol. The predicted octanol–water partition coefficient (Wildman–Crippen LogP) is 7.70. The molecule has 0 atom stereocenters. The summed E-state index contributed by atoms with van der Waals surface area (Å²) in [5.41, 5.74) is 0. The van der Waals surface area contributed by atoms with Gasteiger partial charge >= 0.3 is 5.97 Å². The molecule has 0 aliphatic rings. The van der Waals surface area contributed by atoms with E-state index in [2.05, 4.69) is 50.3 Å². The van der Waals surface area contributed by atoms with Crippen LogP contribution in [0.25, 0.3) is 0 Å². The molecule has 0 unspecified atom stereocenters. The molecule has 0 heterocycles. The maximum atomic E-state index is 11.4. The summed E-state index contributed by atoms with van der Waals surface area (Å²) < 4.78 is 5.15. The lowest BCUT2D eigenvalue weighted by molar-refractivity contribution is -0.143. The Morgan fingerprint density at radius 1 is 0.654 bits per heavy atom. The second-order valence-electron chi connectivity index (χ2n) is 6.91. The van der Waals surface area contributed by atoms with Gasteiger partial charge in [-0.3, -0.25) is 4.79 Å². The molecule has 0 aromatic heterocycles. The maximum absolute atomic E-state index is 11.4. The van der Waals surface area contributed by atoms with E-state index < -0.39 is 0 Å². The highest BCUT2D eigenvalue weighted by Crippen LogP contribution is 2.07. The van der Waals surface area contributed by atoms with E-state index in [9.17, 15) is 4.79 Å². The molecule has 0 amide bonds. The molecule has 0 aromatic rings. The fourth-order valence-corrected chi connectivity index (χ4v) is 2.58. The standard InChI is InChI=1S/C24H42O2/c1-3-5-7-8-9-10-11-12-13-14-15-16-17-18-19-20-21-22-24(25)26-23-6-4-2/h9-10,12-13,15-16H,3-8,11,14,17-23H2,1-2H3. The Bertz CT molecular complexity index is 380. The Morgan fingerprint density at radius 2 is 1.19 bits per heavy atom. The van der Waals surface area contributed by atoms with E-state index in [-0.39, 0.29) is 5.97 Å². The van der Waals surface area contributed by atoms with Gasteiger partial charge in [-0.1, -0.05) is 82.4 Å². The van der Waals surface area contributed by atoms with E-state index in [0.29, 0.717) is 13.0 Å². The maximum Gasteiger partial charge on any atom is 0.305 e. The van der Waals surface area contributed by atoms with E-state index in [0.717, 1.165) is 44.9 Å². The van der Waals surface area contributed by atoms with E-state index in [1.807, 2.05) is 0 Å². The molecule has 2 heteroatoms. The molecule has 26 heavy (non-hydrogen) atoms. The van der Waals surface area contributed by atoms with Gasteiger partial charge in [-0.25, -0.2) is 0 Å². The van der Waals surface area contributed by atoms with Gasteiger partial charge in [0.1, 0.15) is 0 Å². The molecule has 2 nitrogen and oxygen atoms in total. The van der Waals surface area contributed by atoms with Gasteiger partial charge in [-0.05, 0) is 51.4 Å². The van der Waals surface area contributed by atoms with Crippen molar-refractivity contribution in [3.05, 3.63) is 36.5 Å². The van der Waals surface area contributed by atoms with E-state index >= 15 is 0 Å². The van der Waals surface area contributed by atoms with Gasteiger partial charge in [0.15, 0.2) is 0 Å². The third-order valence-corrected chi connectivity index (χ3v) is 4.28. The first-order chi connectivity index (χ1) is 12.8. The molecule has 0 spiro atoms. The molecular formula is C24H42O2. The third kappa shape index (κ3) is 20.7. The zero-order valence-electron chi connectivity index (χ0n) is 17.4. The number of unbranched alkanes of at least 4 members (excludes halogenated alkanes) is 8. The van der Waals surface area contributed by atoms with Crippen LogP contribution in [-0.2, 0) is 9.53 Å². The predicted molar refractivity (Wildman–Crippen MR) is 114 cm³/mol.